The summed E-state index contributed by atoms with van der Waals surface area (Å²) in [5.41, 5.74) is 0.965. The molecule has 255 valence electrons. The second-order valence-electron chi connectivity index (χ2n) is 13.6. The fraction of sp³-hybridized carbons (Fsp3) is 0.800. The minimum atomic E-state index is -1.56. The zero-order valence-corrected chi connectivity index (χ0v) is 35.7. The number of carbonyl (C=O) groups excluding carboxylic acids is 4. The fourth-order valence-corrected chi connectivity index (χ4v) is 9.41. The summed E-state index contributed by atoms with van der Waals surface area (Å²) in [4.78, 5) is 52.3. The van der Waals surface area contributed by atoms with Crippen molar-refractivity contribution in [2.45, 2.75) is 104 Å². The first-order chi connectivity index (χ1) is 20.7. The third kappa shape index (κ3) is 7.93. The van der Waals surface area contributed by atoms with Gasteiger partial charge in [-0.2, -0.15) is 4.89 Å². The van der Waals surface area contributed by atoms with Crippen LogP contribution in [0, 0.1) is 39.9 Å². The van der Waals surface area contributed by atoms with Crippen molar-refractivity contribution in [3.63, 3.8) is 0 Å². The number of hydrogen-bond acceptors (Lipinski definition) is 9. The van der Waals surface area contributed by atoms with Crippen LogP contribution in [0.25, 0.3) is 0 Å². The van der Waals surface area contributed by atoms with E-state index in [-0.39, 0.29) is 69.4 Å². The molecule has 1 unspecified atom stereocenters. The van der Waals surface area contributed by atoms with Crippen molar-refractivity contribution in [3.8, 4) is 0 Å². The Hall–Kier alpha value is 1.22. The molecule has 1 saturated heterocycles. The Balaban J connectivity index is 0.000000352. The summed E-state index contributed by atoms with van der Waals surface area (Å²) in [5, 5.41) is 8.10. The molecular formula is C30H44I3O10V2. The van der Waals surface area contributed by atoms with E-state index >= 15 is 0 Å². The second kappa shape index (κ2) is 17.4. The van der Waals surface area contributed by atoms with Crippen LogP contribution < -0.4 is 0 Å². The molecule has 10 nitrogen and oxygen atoms in total. The van der Waals surface area contributed by atoms with Crippen molar-refractivity contribution in [1.82, 2.24) is 0 Å². The molecule has 8 atom stereocenters. The van der Waals surface area contributed by atoms with E-state index in [1.165, 1.54) is 12.7 Å². The van der Waals surface area contributed by atoms with E-state index in [0.29, 0.717) is 58.6 Å². The Bertz CT molecular complexity index is 1170. The van der Waals surface area contributed by atoms with Gasteiger partial charge in [0.1, 0.15) is 17.2 Å². The Morgan fingerprint density at radius 3 is 2.22 bits per heavy atom. The van der Waals surface area contributed by atoms with E-state index in [1.807, 2.05) is 0 Å². The number of hydrogen-bond donors (Lipinski definition) is 2. The molecule has 2 bridgehead atoms. The van der Waals surface area contributed by atoms with Crippen LogP contribution in [0.5, 0.6) is 0 Å². The quantitative estimate of drug-likeness (QED) is 0.0793. The van der Waals surface area contributed by atoms with Gasteiger partial charge in [0.15, 0.2) is 5.78 Å². The van der Waals surface area contributed by atoms with Crippen LogP contribution in [0.3, 0.4) is 0 Å². The SMILES string of the molecule is COC(OO)C(=O)C(C)C.C[C@]12CC=C3[C@@H]([C@H]4C[C@]5(CC(=O)CC[C@]35C)CC4=O)[C@@H]1CC[C@@]21CCC(=O)O1.I.[I][V][I].[O]=[V][OH]. The number of allylic oxidation sites excluding steroid dienone is 2. The number of ether oxygens (including phenoxy) is 2. The van der Waals surface area contributed by atoms with Gasteiger partial charge in [-0.3, -0.25) is 19.2 Å². The Kier molecular flexibility index (Phi) is 16.4. The molecule has 1 aliphatic heterocycles. The zero-order valence-electron chi connectivity index (χ0n) is 26.3. The molecule has 6 rings (SSSR count). The predicted octanol–water partition coefficient (Wildman–Crippen LogP) is 6.55. The molecule has 0 aromatic carbocycles. The number of esters is 1. The molecule has 2 spiro atoms. The molecular weight excluding hydrogens is 1000 g/mol. The maximum atomic E-state index is 13.2. The number of rotatable bonds is 4. The van der Waals surface area contributed by atoms with Gasteiger partial charge in [0.2, 0.25) is 6.29 Å². The molecule has 1 heterocycles. The second-order valence-corrected chi connectivity index (χ2v) is 25.6. The summed E-state index contributed by atoms with van der Waals surface area (Å²) in [7, 11) is 1.92. The number of carbonyl (C=O) groups is 4. The number of fused-ring (bicyclic) bond motifs is 7. The molecule has 0 aromatic heterocycles. The summed E-state index contributed by atoms with van der Waals surface area (Å²) in [6, 6.07) is 0. The summed E-state index contributed by atoms with van der Waals surface area (Å²) < 4.78 is 26.2. The molecule has 2 N–H and O–H groups in total. The molecule has 4 saturated carbocycles. The van der Waals surface area contributed by atoms with Gasteiger partial charge in [-0.25, -0.2) is 5.26 Å². The van der Waals surface area contributed by atoms with Gasteiger partial charge in [-0.05, 0) is 61.2 Å². The van der Waals surface area contributed by atoms with Gasteiger partial charge in [0, 0.05) is 50.0 Å². The van der Waals surface area contributed by atoms with E-state index in [2.05, 4.69) is 69.5 Å². The molecule has 0 radical (unpaired) electrons. The van der Waals surface area contributed by atoms with Crippen LogP contribution in [0.2, 0.25) is 0 Å². The van der Waals surface area contributed by atoms with Gasteiger partial charge in [-0.15, -0.1) is 24.0 Å². The minimum absolute atomic E-state index is 0. The van der Waals surface area contributed by atoms with Crippen molar-refractivity contribution in [3.05, 3.63) is 11.6 Å². The van der Waals surface area contributed by atoms with Crippen molar-refractivity contribution in [1.29, 1.82) is 0 Å². The van der Waals surface area contributed by atoms with E-state index in [0.717, 1.165) is 38.5 Å². The molecule has 5 fully saturated rings. The number of ketones is 3. The molecule has 45 heavy (non-hydrogen) atoms. The zero-order chi connectivity index (χ0) is 33.1. The fourth-order valence-electron chi connectivity index (χ4n) is 9.41. The molecule has 6 aliphatic rings. The molecule has 0 aromatic rings. The topological polar surface area (TPSA) is 154 Å². The van der Waals surface area contributed by atoms with Gasteiger partial charge in [-0.1, -0.05) is 39.3 Å². The molecule has 5 aliphatic carbocycles. The van der Waals surface area contributed by atoms with Gasteiger partial charge in [0.25, 0.3) is 0 Å². The number of methoxy groups -OCH3 is 1. The van der Waals surface area contributed by atoms with Gasteiger partial charge >= 0.3 is 79.7 Å². The third-order valence-corrected chi connectivity index (χ3v) is 11.6. The van der Waals surface area contributed by atoms with E-state index in [1.54, 1.807) is 13.8 Å². The predicted molar refractivity (Wildman–Crippen MR) is 183 cm³/mol. The molecule has 0 amide bonds. The van der Waals surface area contributed by atoms with Crippen LogP contribution in [-0.4, -0.2) is 51.6 Å². The van der Waals surface area contributed by atoms with Crippen LogP contribution in [0.1, 0.15) is 91.9 Å². The Morgan fingerprint density at radius 1 is 1.11 bits per heavy atom. The summed E-state index contributed by atoms with van der Waals surface area (Å²) in [5.74, 6) is 1.00. The average molecular weight is 1050 g/mol. The van der Waals surface area contributed by atoms with Gasteiger partial charge < -0.3 is 9.47 Å². The van der Waals surface area contributed by atoms with Crippen LogP contribution in [0.4, 0.5) is 0 Å². The average Bonchev–Trinajstić information content (AvgIpc) is 3.59. The van der Waals surface area contributed by atoms with Crippen LogP contribution in [-0.2, 0) is 63.3 Å². The summed E-state index contributed by atoms with van der Waals surface area (Å²) >= 11 is 3.18. The standard InChI is InChI=1S/C24H30O4.C6H12O4.3HI.H2O.O.2V/c1-21-7-3-14(25)11-23(21)12-15(18(26)13-23)20-16(21)4-8-22(2)17(20)5-9-24(22)10-6-19(27)28-24;1-4(2)5(7)6(9-3)10-8;;;;;;;/h4,15,17,20H,3,5-13H2,1-2H3;4,6,8H,1-3H3;3*1H;1H2;;;/q;;;;;;;+1;+2/p-3/t15-,17-,20+,21+,22-,23+,24+;;;;;;;;/m0......../s1. The van der Waals surface area contributed by atoms with Crippen molar-refractivity contribution in [2.75, 3.05) is 7.11 Å². The Labute approximate surface area is 318 Å². The third-order valence-electron chi connectivity index (χ3n) is 11.6. The van der Waals surface area contributed by atoms with Crippen LogP contribution >= 0.6 is 63.9 Å². The van der Waals surface area contributed by atoms with Crippen molar-refractivity contribution >= 4 is 87.3 Å². The summed E-state index contributed by atoms with van der Waals surface area (Å²) in [6.45, 7) is 8.08. The molecule has 15 heteroatoms. The first-order valence-electron chi connectivity index (χ1n) is 14.9. The number of halogens is 3. The van der Waals surface area contributed by atoms with Crippen LogP contribution in [0.15, 0.2) is 11.6 Å². The van der Waals surface area contributed by atoms with E-state index in [4.69, 9.17) is 17.7 Å². The van der Waals surface area contributed by atoms with Gasteiger partial charge in [0.05, 0.1) is 0 Å². The monoisotopic (exact) mass is 1050 g/mol. The van der Waals surface area contributed by atoms with E-state index < -0.39 is 22.9 Å². The summed E-state index contributed by atoms with van der Waals surface area (Å²) in [6.07, 6.45) is 9.26. The first-order valence-corrected chi connectivity index (χ1v) is 25.1. The van der Waals surface area contributed by atoms with Crippen molar-refractivity contribution in [2.24, 2.45) is 39.9 Å². The normalized spacial score (nSPS) is 37.4. The first kappa shape index (κ1) is 42.4. The van der Waals surface area contributed by atoms with E-state index in [9.17, 15) is 19.2 Å². The number of Topliss-reactive ketones (excluding diaryl/α,β-unsaturated/α-hetero) is 3. The Morgan fingerprint density at radius 2 is 1.73 bits per heavy atom. The maximum absolute atomic E-state index is 13.2. The van der Waals surface area contributed by atoms with Crippen molar-refractivity contribution < 1.29 is 72.6 Å².